The Kier molecular flexibility index (Phi) is 4.05. The van der Waals surface area contributed by atoms with Crippen molar-refractivity contribution in [3.05, 3.63) is 29.8 Å². The van der Waals surface area contributed by atoms with E-state index in [-0.39, 0.29) is 25.4 Å². The molecule has 1 saturated heterocycles. The van der Waals surface area contributed by atoms with E-state index in [1.807, 2.05) is 0 Å². The molecule has 0 amide bonds. The molecule has 20 heavy (non-hydrogen) atoms. The van der Waals surface area contributed by atoms with Gasteiger partial charge in [-0.1, -0.05) is 6.07 Å². The molecule has 0 aromatic heterocycles. The van der Waals surface area contributed by atoms with Gasteiger partial charge in [-0.2, -0.15) is 4.31 Å². The molecule has 2 rings (SSSR count). The van der Waals surface area contributed by atoms with Gasteiger partial charge >= 0.3 is 5.97 Å². The molecular weight excluding hydrogens is 292 g/mol. The minimum atomic E-state index is -4.28. The molecule has 1 atom stereocenters. The molecule has 0 saturated carbocycles. The first-order valence-electron chi connectivity index (χ1n) is 5.98. The van der Waals surface area contributed by atoms with E-state index < -0.39 is 32.5 Å². The summed E-state index contributed by atoms with van der Waals surface area (Å²) >= 11 is 0. The lowest BCUT2D eigenvalue weighted by Crippen LogP contribution is -2.30. The van der Waals surface area contributed by atoms with Crippen LogP contribution >= 0.6 is 0 Å². The molecule has 1 unspecified atom stereocenters. The van der Waals surface area contributed by atoms with Gasteiger partial charge in [0, 0.05) is 19.5 Å². The number of nitrogens with zero attached hydrogens (tertiary/aromatic N) is 1. The highest BCUT2D eigenvalue weighted by Gasteiger charge is 2.36. The largest absolute Gasteiger partial charge is 0.481 e. The molecule has 5 nitrogen and oxygen atoms in total. The summed E-state index contributed by atoms with van der Waals surface area (Å²) in [5, 5.41) is 8.68. The summed E-state index contributed by atoms with van der Waals surface area (Å²) in [5.74, 6) is -3.65. The number of sulfonamides is 1. The SMILES string of the molecule is O=C(O)CC1CCN(S(=O)(=O)c2c(F)cccc2F)C1. The third-order valence-electron chi connectivity index (χ3n) is 3.23. The maximum Gasteiger partial charge on any atom is 0.303 e. The lowest BCUT2D eigenvalue weighted by molar-refractivity contribution is -0.137. The lowest BCUT2D eigenvalue weighted by atomic mass is 10.1. The van der Waals surface area contributed by atoms with Crippen molar-refractivity contribution in [2.75, 3.05) is 13.1 Å². The molecule has 1 aromatic rings. The number of carbonyl (C=O) groups is 1. The number of aliphatic carboxylic acids is 1. The van der Waals surface area contributed by atoms with Crippen LogP contribution in [-0.4, -0.2) is 36.9 Å². The van der Waals surface area contributed by atoms with E-state index in [1.165, 1.54) is 0 Å². The van der Waals surface area contributed by atoms with Gasteiger partial charge in [0.1, 0.15) is 11.6 Å². The fourth-order valence-corrected chi connectivity index (χ4v) is 3.93. The van der Waals surface area contributed by atoms with E-state index in [1.54, 1.807) is 0 Å². The van der Waals surface area contributed by atoms with Crippen LogP contribution in [0, 0.1) is 17.6 Å². The minimum absolute atomic E-state index is 0.0393. The molecular formula is C12H13F2NO4S. The molecule has 0 bridgehead atoms. The van der Waals surface area contributed by atoms with Crippen molar-refractivity contribution in [2.45, 2.75) is 17.7 Å². The highest BCUT2D eigenvalue weighted by Crippen LogP contribution is 2.28. The zero-order valence-corrected chi connectivity index (χ0v) is 11.2. The van der Waals surface area contributed by atoms with Gasteiger partial charge in [-0.25, -0.2) is 17.2 Å². The van der Waals surface area contributed by atoms with E-state index in [0.717, 1.165) is 22.5 Å². The number of benzene rings is 1. The van der Waals surface area contributed by atoms with E-state index in [9.17, 15) is 22.0 Å². The van der Waals surface area contributed by atoms with Crippen LogP contribution in [-0.2, 0) is 14.8 Å². The molecule has 0 aliphatic carbocycles. The van der Waals surface area contributed by atoms with Crippen LogP contribution in [0.25, 0.3) is 0 Å². The van der Waals surface area contributed by atoms with Crippen molar-refractivity contribution in [1.29, 1.82) is 0 Å². The molecule has 110 valence electrons. The van der Waals surface area contributed by atoms with Crippen molar-refractivity contribution < 1.29 is 27.1 Å². The van der Waals surface area contributed by atoms with Gasteiger partial charge in [0.15, 0.2) is 4.90 Å². The molecule has 1 aliphatic heterocycles. The third kappa shape index (κ3) is 2.80. The Bertz CT molecular complexity index is 612. The Balaban J connectivity index is 2.26. The Hall–Kier alpha value is -1.54. The minimum Gasteiger partial charge on any atom is -0.481 e. The average molecular weight is 305 g/mol. The summed E-state index contributed by atoms with van der Waals surface area (Å²) in [7, 11) is -4.28. The smallest absolute Gasteiger partial charge is 0.303 e. The second-order valence-corrected chi connectivity index (χ2v) is 6.54. The van der Waals surface area contributed by atoms with E-state index in [2.05, 4.69) is 0 Å². The van der Waals surface area contributed by atoms with Crippen LogP contribution in [0.5, 0.6) is 0 Å². The lowest BCUT2D eigenvalue weighted by Gasteiger charge is -2.17. The number of hydrogen-bond acceptors (Lipinski definition) is 3. The van der Waals surface area contributed by atoms with Crippen molar-refractivity contribution in [3.63, 3.8) is 0 Å². The summed E-state index contributed by atoms with van der Waals surface area (Å²) in [5.41, 5.74) is 0. The highest BCUT2D eigenvalue weighted by molar-refractivity contribution is 7.89. The maximum atomic E-state index is 13.6. The molecule has 0 radical (unpaired) electrons. The Morgan fingerprint density at radius 1 is 1.35 bits per heavy atom. The number of rotatable bonds is 4. The summed E-state index contributed by atoms with van der Waals surface area (Å²) in [4.78, 5) is 9.63. The first-order valence-corrected chi connectivity index (χ1v) is 7.42. The van der Waals surface area contributed by atoms with Crippen molar-refractivity contribution >= 4 is 16.0 Å². The molecule has 1 aromatic carbocycles. The normalized spacial score (nSPS) is 20.2. The molecule has 1 aliphatic rings. The van der Waals surface area contributed by atoms with Crippen LogP contribution in [0.2, 0.25) is 0 Å². The van der Waals surface area contributed by atoms with Gasteiger partial charge in [-0.05, 0) is 24.5 Å². The van der Waals surface area contributed by atoms with Crippen LogP contribution in [0.4, 0.5) is 8.78 Å². The second-order valence-electron chi connectivity index (χ2n) is 4.67. The first kappa shape index (κ1) is 14.9. The number of halogens is 2. The molecule has 1 heterocycles. The van der Waals surface area contributed by atoms with Crippen LogP contribution in [0.1, 0.15) is 12.8 Å². The fourth-order valence-electron chi connectivity index (χ4n) is 2.29. The Morgan fingerprint density at radius 3 is 2.50 bits per heavy atom. The molecule has 0 spiro atoms. The van der Waals surface area contributed by atoms with Gasteiger partial charge in [-0.3, -0.25) is 4.79 Å². The summed E-state index contributed by atoms with van der Waals surface area (Å²) < 4.78 is 52.5. The predicted molar refractivity (Wildman–Crippen MR) is 65.5 cm³/mol. The molecule has 8 heteroatoms. The quantitative estimate of drug-likeness (QED) is 0.913. The summed E-state index contributed by atoms with van der Waals surface area (Å²) in [6, 6.07) is 2.84. The van der Waals surface area contributed by atoms with E-state index in [4.69, 9.17) is 5.11 Å². The third-order valence-corrected chi connectivity index (χ3v) is 5.15. The highest BCUT2D eigenvalue weighted by atomic mass is 32.2. The maximum absolute atomic E-state index is 13.6. The van der Waals surface area contributed by atoms with Gasteiger partial charge < -0.3 is 5.11 Å². The second kappa shape index (κ2) is 5.45. The van der Waals surface area contributed by atoms with Crippen molar-refractivity contribution in [1.82, 2.24) is 4.31 Å². The van der Waals surface area contributed by atoms with Gasteiger partial charge in [0.25, 0.3) is 0 Å². The Labute approximate surface area is 114 Å². The van der Waals surface area contributed by atoms with Crippen LogP contribution in [0.3, 0.4) is 0 Å². The topological polar surface area (TPSA) is 74.7 Å². The number of carboxylic acids is 1. The molecule has 1 N–H and O–H groups in total. The van der Waals surface area contributed by atoms with Crippen LogP contribution in [0.15, 0.2) is 23.1 Å². The van der Waals surface area contributed by atoms with Gasteiger partial charge in [0.2, 0.25) is 10.0 Å². The summed E-state index contributed by atoms with van der Waals surface area (Å²) in [6.45, 7) is 0.0243. The summed E-state index contributed by atoms with van der Waals surface area (Å²) in [6.07, 6.45) is 0.202. The van der Waals surface area contributed by atoms with Crippen molar-refractivity contribution in [2.24, 2.45) is 5.92 Å². The average Bonchev–Trinajstić information content (AvgIpc) is 2.76. The van der Waals surface area contributed by atoms with E-state index in [0.29, 0.717) is 6.42 Å². The Morgan fingerprint density at radius 2 is 1.95 bits per heavy atom. The molecule has 1 fully saturated rings. The van der Waals surface area contributed by atoms with Gasteiger partial charge in [-0.15, -0.1) is 0 Å². The predicted octanol–water partition coefficient (Wildman–Crippen LogP) is 1.45. The zero-order valence-electron chi connectivity index (χ0n) is 10.4. The van der Waals surface area contributed by atoms with E-state index >= 15 is 0 Å². The first-order chi connectivity index (χ1) is 9.32. The monoisotopic (exact) mass is 305 g/mol. The zero-order chi connectivity index (χ0) is 14.9. The van der Waals surface area contributed by atoms with Gasteiger partial charge in [0.05, 0.1) is 0 Å². The number of carboxylic acid groups (broad SMARTS) is 1. The van der Waals surface area contributed by atoms with Crippen molar-refractivity contribution in [3.8, 4) is 0 Å². The van der Waals surface area contributed by atoms with Crippen LogP contribution < -0.4 is 0 Å². The standard InChI is InChI=1S/C12H13F2NO4S/c13-9-2-1-3-10(14)12(9)20(18,19)15-5-4-8(7-15)6-11(16)17/h1-3,8H,4-7H2,(H,16,17). The fraction of sp³-hybridized carbons (Fsp3) is 0.417. The number of hydrogen-bond donors (Lipinski definition) is 1.